The summed E-state index contributed by atoms with van der Waals surface area (Å²) >= 11 is 3.47. The predicted octanol–water partition coefficient (Wildman–Crippen LogP) is 3.94. The van der Waals surface area contributed by atoms with Gasteiger partial charge < -0.3 is 5.32 Å². The molecule has 82 valence electrons. The zero-order chi connectivity index (χ0) is 11.4. The van der Waals surface area contributed by atoms with Crippen molar-refractivity contribution >= 4 is 21.7 Å². The number of nitrogens with zero attached hydrogens (tertiary/aromatic N) is 1. The van der Waals surface area contributed by atoms with E-state index in [0.29, 0.717) is 0 Å². The Kier molecular flexibility index (Phi) is 3.57. The predicted molar refractivity (Wildman–Crippen MR) is 71.5 cm³/mol. The third-order valence-electron chi connectivity index (χ3n) is 2.23. The van der Waals surface area contributed by atoms with Crippen molar-refractivity contribution < 1.29 is 0 Å². The van der Waals surface area contributed by atoms with E-state index in [2.05, 4.69) is 45.3 Å². The molecule has 0 atom stereocenters. The van der Waals surface area contributed by atoms with E-state index in [4.69, 9.17) is 0 Å². The maximum Gasteiger partial charge on any atom is 0.126 e. The molecule has 16 heavy (non-hydrogen) atoms. The van der Waals surface area contributed by atoms with E-state index < -0.39 is 0 Å². The van der Waals surface area contributed by atoms with E-state index >= 15 is 0 Å². The van der Waals surface area contributed by atoms with E-state index in [9.17, 15) is 0 Å². The molecule has 0 radical (unpaired) electrons. The molecule has 1 heterocycles. The Morgan fingerprint density at radius 2 is 2.00 bits per heavy atom. The maximum absolute atomic E-state index is 4.54. The Morgan fingerprint density at radius 3 is 2.75 bits per heavy atom. The van der Waals surface area contributed by atoms with Crippen LogP contribution < -0.4 is 5.32 Å². The van der Waals surface area contributed by atoms with E-state index in [1.165, 1.54) is 0 Å². The molecule has 0 aliphatic heterocycles. The minimum Gasteiger partial charge on any atom is -0.370 e. The lowest BCUT2D eigenvalue weighted by atomic mass is 10.1. The monoisotopic (exact) mass is 276 g/mol. The van der Waals surface area contributed by atoms with Gasteiger partial charge in [0.15, 0.2) is 0 Å². The number of aromatic nitrogens is 1. The fraction of sp³-hybridized carbons (Fsp3) is 0.154. The number of rotatable bonds is 3. The van der Waals surface area contributed by atoms with Crippen molar-refractivity contribution in [3.63, 3.8) is 0 Å². The summed E-state index contributed by atoms with van der Waals surface area (Å²) in [6.45, 7) is 2.95. The van der Waals surface area contributed by atoms with Crippen molar-refractivity contribution in [1.82, 2.24) is 4.98 Å². The molecule has 2 nitrogen and oxygen atoms in total. The number of hydrogen-bond donors (Lipinski definition) is 1. The average molecular weight is 277 g/mol. The summed E-state index contributed by atoms with van der Waals surface area (Å²) in [6.07, 6.45) is 0. The number of nitrogens with one attached hydrogen (secondary N) is 1. The van der Waals surface area contributed by atoms with Gasteiger partial charge in [-0.2, -0.15) is 0 Å². The van der Waals surface area contributed by atoms with Crippen LogP contribution >= 0.6 is 15.9 Å². The Hall–Kier alpha value is -1.35. The van der Waals surface area contributed by atoms with Gasteiger partial charge in [-0.3, -0.25) is 0 Å². The standard InChI is InChI=1S/C13H13BrN2/c1-2-15-13-8-4-7-12(16-13)10-5-3-6-11(14)9-10/h3-9H,2H2,1H3,(H,15,16). The van der Waals surface area contributed by atoms with Gasteiger partial charge in [-0.15, -0.1) is 0 Å². The van der Waals surface area contributed by atoms with Crippen LogP contribution in [0.15, 0.2) is 46.9 Å². The van der Waals surface area contributed by atoms with Gasteiger partial charge in [0.25, 0.3) is 0 Å². The van der Waals surface area contributed by atoms with E-state index in [1.54, 1.807) is 0 Å². The van der Waals surface area contributed by atoms with Crippen LogP contribution in [0.5, 0.6) is 0 Å². The lowest BCUT2D eigenvalue weighted by Gasteiger charge is -2.05. The topological polar surface area (TPSA) is 24.9 Å². The van der Waals surface area contributed by atoms with Gasteiger partial charge in [0.05, 0.1) is 5.69 Å². The smallest absolute Gasteiger partial charge is 0.126 e. The van der Waals surface area contributed by atoms with Gasteiger partial charge in [0.1, 0.15) is 5.82 Å². The minimum absolute atomic E-state index is 0.884. The van der Waals surface area contributed by atoms with Crippen LogP contribution in [0.3, 0.4) is 0 Å². The fourth-order valence-electron chi connectivity index (χ4n) is 1.52. The van der Waals surface area contributed by atoms with Gasteiger partial charge in [0.2, 0.25) is 0 Å². The normalized spacial score (nSPS) is 10.1. The summed E-state index contributed by atoms with van der Waals surface area (Å²) in [6, 6.07) is 14.2. The summed E-state index contributed by atoms with van der Waals surface area (Å²) in [5.74, 6) is 0.917. The van der Waals surface area contributed by atoms with Gasteiger partial charge in [-0.1, -0.05) is 34.1 Å². The fourth-order valence-corrected chi connectivity index (χ4v) is 1.92. The molecule has 0 aliphatic rings. The van der Waals surface area contributed by atoms with Crippen LogP contribution in [-0.2, 0) is 0 Å². The summed E-state index contributed by atoms with van der Waals surface area (Å²) in [7, 11) is 0. The molecule has 3 heteroatoms. The van der Waals surface area contributed by atoms with Crippen molar-refractivity contribution in [2.45, 2.75) is 6.92 Å². The second kappa shape index (κ2) is 5.12. The number of hydrogen-bond acceptors (Lipinski definition) is 2. The largest absolute Gasteiger partial charge is 0.370 e. The van der Waals surface area contributed by atoms with Gasteiger partial charge in [-0.05, 0) is 31.2 Å². The molecule has 0 spiro atoms. The highest BCUT2D eigenvalue weighted by Gasteiger charge is 2.00. The third-order valence-corrected chi connectivity index (χ3v) is 2.72. The molecule has 2 rings (SSSR count). The lowest BCUT2D eigenvalue weighted by Crippen LogP contribution is -1.99. The van der Waals surface area contributed by atoms with E-state index in [-0.39, 0.29) is 0 Å². The van der Waals surface area contributed by atoms with Crippen LogP contribution in [0.2, 0.25) is 0 Å². The van der Waals surface area contributed by atoms with Crippen molar-refractivity contribution in [3.05, 3.63) is 46.9 Å². The molecule has 0 aliphatic carbocycles. The average Bonchev–Trinajstić information content (AvgIpc) is 2.30. The second-order valence-corrected chi connectivity index (χ2v) is 4.36. The Morgan fingerprint density at radius 1 is 1.19 bits per heavy atom. The van der Waals surface area contributed by atoms with Crippen molar-refractivity contribution in [1.29, 1.82) is 0 Å². The van der Waals surface area contributed by atoms with Crippen LogP contribution in [-0.4, -0.2) is 11.5 Å². The van der Waals surface area contributed by atoms with Crippen molar-refractivity contribution in [2.75, 3.05) is 11.9 Å². The first-order valence-electron chi connectivity index (χ1n) is 5.26. The zero-order valence-corrected chi connectivity index (χ0v) is 10.7. The molecule has 0 amide bonds. The number of pyridine rings is 1. The first-order valence-corrected chi connectivity index (χ1v) is 6.06. The second-order valence-electron chi connectivity index (χ2n) is 3.45. The molecule has 2 aromatic rings. The number of anilines is 1. The van der Waals surface area contributed by atoms with Crippen LogP contribution in [0.1, 0.15) is 6.92 Å². The molecule has 0 fully saturated rings. The van der Waals surface area contributed by atoms with Gasteiger partial charge in [0, 0.05) is 16.6 Å². The molecule has 0 saturated heterocycles. The van der Waals surface area contributed by atoms with E-state index in [0.717, 1.165) is 28.1 Å². The zero-order valence-electron chi connectivity index (χ0n) is 9.07. The van der Waals surface area contributed by atoms with Crippen molar-refractivity contribution in [2.24, 2.45) is 0 Å². The molecule has 0 saturated carbocycles. The summed E-state index contributed by atoms with van der Waals surface area (Å²) < 4.78 is 1.07. The molecule has 0 unspecified atom stereocenters. The highest BCUT2D eigenvalue weighted by molar-refractivity contribution is 9.10. The van der Waals surface area contributed by atoms with Gasteiger partial charge >= 0.3 is 0 Å². The van der Waals surface area contributed by atoms with Crippen LogP contribution in [0.4, 0.5) is 5.82 Å². The van der Waals surface area contributed by atoms with Crippen LogP contribution in [0, 0.1) is 0 Å². The number of benzene rings is 1. The highest BCUT2D eigenvalue weighted by Crippen LogP contribution is 2.22. The first-order chi connectivity index (χ1) is 7.79. The number of halogens is 1. The molecule has 1 aromatic carbocycles. The summed E-state index contributed by atoms with van der Waals surface area (Å²) in [5.41, 5.74) is 2.11. The van der Waals surface area contributed by atoms with Gasteiger partial charge in [-0.25, -0.2) is 4.98 Å². The summed E-state index contributed by atoms with van der Waals surface area (Å²) in [4.78, 5) is 4.54. The first kappa shape index (κ1) is 11.1. The van der Waals surface area contributed by atoms with E-state index in [1.807, 2.05) is 30.3 Å². The third kappa shape index (κ3) is 2.61. The Bertz CT molecular complexity index is 483. The Labute approximate surface area is 104 Å². The minimum atomic E-state index is 0.884. The molecule has 1 aromatic heterocycles. The van der Waals surface area contributed by atoms with Crippen molar-refractivity contribution in [3.8, 4) is 11.3 Å². The molecular formula is C13H13BrN2. The highest BCUT2D eigenvalue weighted by atomic mass is 79.9. The quantitative estimate of drug-likeness (QED) is 0.919. The lowest BCUT2D eigenvalue weighted by molar-refractivity contribution is 1.16. The maximum atomic E-state index is 4.54. The van der Waals surface area contributed by atoms with Crippen LogP contribution in [0.25, 0.3) is 11.3 Å². The SMILES string of the molecule is CCNc1cccc(-c2cccc(Br)c2)n1. The molecule has 0 bridgehead atoms. The molecule has 1 N–H and O–H groups in total. The Balaban J connectivity index is 2.36. The summed E-state index contributed by atoms with van der Waals surface area (Å²) in [5, 5.41) is 3.21. The molecular weight excluding hydrogens is 264 g/mol.